The highest BCUT2D eigenvalue weighted by molar-refractivity contribution is 7.53. The van der Waals surface area contributed by atoms with Crippen molar-refractivity contribution >= 4 is 36.6 Å². The van der Waals surface area contributed by atoms with Gasteiger partial charge in [0.15, 0.2) is 0 Å². The molecule has 1 atom stereocenters. The second-order valence-electron chi connectivity index (χ2n) is 10.2. The van der Waals surface area contributed by atoms with Gasteiger partial charge in [-0.3, -0.25) is 14.0 Å². The minimum Gasteiger partial charge on any atom is -0.495 e. The van der Waals surface area contributed by atoms with E-state index in [9.17, 15) is 22.5 Å². The van der Waals surface area contributed by atoms with Crippen molar-refractivity contribution in [2.24, 2.45) is 0 Å². The second kappa shape index (κ2) is 13.9. The molecule has 0 aliphatic carbocycles. The zero-order valence-electron chi connectivity index (χ0n) is 25.3. The minimum absolute atomic E-state index is 0.0300. The normalized spacial score (nSPS) is 16.9. The van der Waals surface area contributed by atoms with Gasteiger partial charge in [0.05, 0.1) is 49.6 Å². The van der Waals surface area contributed by atoms with E-state index in [0.717, 1.165) is 0 Å². The highest BCUT2D eigenvalue weighted by Crippen LogP contribution is 2.52. The van der Waals surface area contributed by atoms with E-state index in [1.54, 1.807) is 61.3 Å². The number of nitrogens with zero attached hydrogens (tertiary/aromatic N) is 4. The quantitative estimate of drug-likeness (QED) is 0.197. The van der Waals surface area contributed by atoms with E-state index in [4.69, 9.17) is 13.8 Å². The van der Waals surface area contributed by atoms with E-state index in [1.165, 1.54) is 13.2 Å². The zero-order valence-corrected chi connectivity index (χ0v) is 26.2. The van der Waals surface area contributed by atoms with Gasteiger partial charge in [-0.05, 0) is 55.7 Å². The lowest BCUT2D eigenvalue weighted by atomic mass is 10.0. The van der Waals surface area contributed by atoms with Crippen LogP contribution in [0.25, 0.3) is 11.1 Å². The summed E-state index contributed by atoms with van der Waals surface area (Å²) in [6.45, 7) is 4.53. The Labute approximate surface area is 263 Å². The first-order valence-corrected chi connectivity index (χ1v) is 16.2. The number of hydrogen-bond donors (Lipinski definition) is 3. The molecule has 3 N–H and O–H groups in total. The summed E-state index contributed by atoms with van der Waals surface area (Å²) in [5.74, 6) is -0.932. The van der Waals surface area contributed by atoms with Crippen LogP contribution in [-0.4, -0.2) is 52.5 Å². The number of anilines is 4. The number of benzene rings is 2. The lowest BCUT2D eigenvalue weighted by Gasteiger charge is -2.19. The molecular formula is C30H33F3N7O5P. The van der Waals surface area contributed by atoms with Gasteiger partial charge in [0.25, 0.3) is 5.91 Å². The van der Waals surface area contributed by atoms with E-state index in [2.05, 4.69) is 31.0 Å². The summed E-state index contributed by atoms with van der Waals surface area (Å²) >= 11 is 0. The number of aromatic nitrogens is 4. The number of carbonyl (C=O) groups is 1. The molecule has 0 saturated heterocycles. The zero-order chi connectivity index (χ0) is 32.9. The van der Waals surface area contributed by atoms with Crippen LogP contribution in [0.2, 0.25) is 0 Å². The average Bonchev–Trinajstić information content (AvgIpc) is 3.49. The first kappa shape index (κ1) is 32.9. The molecule has 0 radical (unpaired) electrons. The summed E-state index contributed by atoms with van der Waals surface area (Å²) in [4.78, 5) is 21.1. The predicted octanol–water partition coefficient (Wildman–Crippen LogP) is 6.75. The Hall–Kier alpha value is -4.46. The molecule has 12 nitrogen and oxygen atoms in total. The first-order valence-electron chi connectivity index (χ1n) is 14.5. The molecule has 8 rings (SSSR count). The van der Waals surface area contributed by atoms with Crippen LogP contribution in [0.15, 0.2) is 55.0 Å². The Balaban J connectivity index is 1.62. The van der Waals surface area contributed by atoms with Crippen LogP contribution in [0, 0.1) is 0 Å². The van der Waals surface area contributed by atoms with Crippen LogP contribution in [0.4, 0.5) is 36.3 Å². The SMILES string of the molecule is CCNC(=O)c1cc2ccc1Nc1nc(ncc1C(F)(F)F)Nc1ccc(cc1OC)CP(=O)(OCC)OCCCn1cc-2cn1. The molecule has 4 aromatic rings. The van der Waals surface area contributed by atoms with Crippen molar-refractivity contribution in [2.45, 2.75) is 39.2 Å². The monoisotopic (exact) mass is 659 g/mol. The van der Waals surface area contributed by atoms with E-state index in [0.29, 0.717) is 53.8 Å². The van der Waals surface area contributed by atoms with E-state index in [-0.39, 0.29) is 36.6 Å². The van der Waals surface area contributed by atoms with E-state index in [1.807, 2.05) is 0 Å². The molecule has 4 aliphatic heterocycles. The van der Waals surface area contributed by atoms with Crippen LogP contribution in [0.5, 0.6) is 5.75 Å². The molecule has 4 aliphatic rings. The lowest BCUT2D eigenvalue weighted by Crippen LogP contribution is -2.24. The first-order chi connectivity index (χ1) is 22.0. The third-order valence-corrected chi connectivity index (χ3v) is 8.93. The van der Waals surface area contributed by atoms with Gasteiger partial charge in [0.2, 0.25) is 5.95 Å². The fourth-order valence-electron chi connectivity index (χ4n) is 4.82. The van der Waals surface area contributed by atoms with Crippen LogP contribution in [-0.2, 0) is 32.5 Å². The van der Waals surface area contributed by atoms with Crippen molar-refractivity contribution in [1.82, 2.24) is 25.1 Å². The standard InChI is InChI=1S/C30H33F3N7O5P/c1-4-34-28(41)22-14-20-8-10-24(22)37-27-23(30(31,32)33)16-35-29(39-27)38-25-9-7-19(13-26(25)43-3)18-46(42,44-5-2)45-12-6-11-40-17-21(20)15-36-40/h7-10,13-17H,4-6,11-12,18H2,1-3H3,(H,34,41)(H2,35,37,38,39). The van der Waals surface area contributed by atoms with Gasteiger partial charge in [0, 0.05) is 31.0 Å². The Morgan fingerprint density at radius 3 is 2.65 bits per heavy atom. The number of nitrogens with one attached hydrogen (secondary N) is 3. The number of halogens is 3. The number of rotatable bonds is 5. The van der Waals surface area contributed by atoms with Gasteiger partial charge in [-0.25, -0.2) is 4.98 Å². The third kappa shape index (κ3) is 7.66. The van der Waals surface area contributed by atoms with Gasteiger partial charge in [-0.1, -0.05) is 12.1 Å². The maximum atomic E-state index is 14.1. The molecule has 6 heterocycles. The van der Waals surface area contributed by atoms with Crippen molar-refractivity contribution in [1.29, 1.82) is 0 Å². The second-order valence-corrected chi connectivity index (χ2v) is 12.3. The fourth-order valence-corrected chi connectivity index (χ4v) is 6.52. The maximum absolute atomic E-state index is 14.1. The smallest absolute Gasteiger partial charge is 0.421 e. The molecule has 0 spiro atoms. The third-order valence-electron chi connectivity index (χ3n) is 6.95. The molecule has 16 heteroatoms. The van der Waals surface area contributed by atoms with Gasteiger partial charge in [-0.2, -0.15) is 23.3 Å². The summed E-state index contributed by atoms with van der Waals surface area (Å²) < 4.78 is 74.4. The van der Waals surface area contributed by atoms with Crippen LogP contribution >= 0.6 is 7.60 Å². The molecule has 0 fully saturated rings. The summed E-state index contributed by atoms with van der Waals surface area (Å²) in [6.07, 6.45) is -0.305. The Morgan fingerprint density at radius 2 is 1.91 bits per heavy atom. The summed E-state index contributed by atoms with van der Waals surface area (Å²) in [5, 5.41) is 12.7. The molecule has 8 bridgehead atoms. The number of hydrogen-bond acceptors (Lipinski definition) is 10. The lowest BCUT2D eigenvalue weighted by molar-refractivity contribution is -0.137. The maximum Gasteiger partial charge on any atom is 0.421 e. The van der Waals surface area contributed by atoms with Gasteiger partial charge in [0.1, 0.15) is 17.1 Å². The molecule has 1 amide bonds. The highest BCUT2D eigenvalue weighted by Gasteiger charge is 2.36. The van der Waals surface area contributed by atoms with Crippen molar-refractivity contribution < 1.29 is 36.3 Å². The van der Waals surface area contributed by atoms with Crippen molar-refractivity contribution in [2.75, 3.05) is 37.5 Å². The van der Waals surface area contributed by atoms with E-state index >= 15 is 0 Å². The van der Waals surface area contributed by atoms with Gasteiger partial charge >= 0.3 is 13.8 Å². The topological polar surface area (TPSA) is 142 Å². The van der Waals surface area contributed by atoms with Crippen LogP contribution in [0.3, 0.4) is 0 Å². The number of methoxy groups -OCH3 is 1. The predicted molar refractivity (Wildman–Crippen MR) is 166 cm³/mol. The molecule has 2 aromatic carbocycles. The largest absolute Gasteiger partial charge is 0.495 e. The van der Waals surface area contributed by atoms with Gasteiger partial charge < -0.3 is 29.7 Å². The Kier molecular flexibility index (Phi) is 9.94. The van der Waals surface area contributed by atoms with Crippen LogP contribution < -0.4 is 20.7 Å². The average molecular weight is 660 g/mol. The Bertz CT molecular complexity index is 1770. The Morgan fingerprint density at radius 1 is 1.11 bits per heavy atom. The van der Waals surface area contributed by atoms with Crippen LogP contribution in [0.1, 0.15) is 41.8 Å². The molecule has 0 saturated carbocycles. The minimum atomic E-state index is -4.80. The van der Waals surface area contributed by atoms with Gasteiger partial charge in [-0.15, -0.1) is 0 Å². The summed E-state index contributed by atoms with van der Waals surface area (Å²) in [5.41, 5.74) is 1.32. The fraction of sp³-hybridized carbons (Fsp3) is 0.333. The molecular weight excluding hydrogens is 626 g/mol. The number of alkyl halides is 3. The molecule has 244 valence electrons. The van der Waals surface area contributed by atoms with Crippen molar-refractivity contribution in [3.8, 4) is 16.9 Å². The number of amides is 1. The summed E-state index contributed by atoms with van der Waals surface area (Å²) in [6, 6.07) is 9.64. The molecule has 1 unspecified atom stereocenters. The number of aryl methyl sites for hydroxylation is 1. The summed E-state index contributed by atoms with van der Waals surface area (Å²) in [7, 11) is -2.13. The van der Waals surface area contributed by atoms with Crippen molar-refractivity contribution in [3.63, 3.8) is 0 Å². The van der Waals surface area contributed by atoms with Crippen molar-refractivity contribution in [3.05, 3.63) is 71.7 Å². The number of carbonyl (C=O) groups excluding carboxylic acids is 1. The molecule has 2 aromatic heterocycles. The number of ether oxygens (including phenoxy) is 1. The van der Waals surface area contributed by atoms with E-state index < -0.39 is 31.1 Å². The molecule has 46 heavy (non-hydrogen) atoms. The highest BCUT2D eigenvalue weighted by atomic mass is 31.2.